The first-order valence-corrected chi connectivity index (χ1v) is 16.3. The number of rotatable bonds is 7. The number of para-hydroxylation sites is 2. The van der Waals surface area contributed by atoms with Crippen LogP contribution in [0.15, 0.2) is 127 Å². The minimum absolute atomic E-state index is 1.17. The van der Waals surface area contributed by atoms with Crippen molar-refractivity contribution < 1.29 is 0 Å². The molecule has 2 aromatic carbocycles. The zero-order chi connectivity index (χ0) is 25.3. The first kappa shape index (κ1) is 23.8. The maximum absolute atomic E-state index is 2.33. The average molecular weight is 580 g/mol. The van der Waals surface area contributed by atoms with Gasteiger partial charge in [-0.1, -0.05) is 42.5 Å². The molecule has 7 rings (SSSR count). The van der Waals surface area contributed by atoms with Gasteiger partial charge >= 0.3 is 0 Å². The van der Waals surface area contributed by atoms with Crippen molar-refractivity contribution in [3.05, 3.63) is 127 Å². The van der Waals surface area contributed by atoms with Crippen LogP contribution in [0.25, 0.3) is 39.0 Å². The fourth-order valence-electron chi connectivity index (χ4n) is 4.36. The molecule has 5 heterocycles. The predicted octanol–water partition coefficient (Wildman–Crippen LogP) is 12.1. The normalized spacial score (nSPS) is 11.2. The highest BCUT2D eigenvalue weighted by Crippen LogP contribution is 2.46. The molecule has 0 saturated heterocycles. The molecule has 0 saturated carbocycles. The molecule has 0 spiro atoms. The molecule has 5 aromatic heterocycles. The Balaban J connectivity index is 1.16. The summed E-state index contributed by atoms with van der Waals surface area (Å²) in [4.78, 5) is 12.9. The van der Waals surface area contributed by atoms with Crippen molar-refractivity contribution in [2.45, 2.75) is 0 Å². The molecule has 1 nitrogen and oxygen atoms in total. The van der Waals surface area contributed by atoms with E-state index in [2.05, 4.69) is 132 Å². The smallest absolute Gasteiger partial charge is 0.101 e. The molecule has 0 amide bonds. The Labute approximate surface area is 242 Å². The first-order chi connectivity index (χ1) is 18.8. The Kier molecular flexibility index (Phi) is 6.57. The topological polar surface area (TPSA) is 3.24 Å². The van der Waals surface area contributed by atoms with E-state index in [-0.39, 0.29) is 0 Å². The van der Waals surface area contributed by atoms with Crippen molar-refractivity contribution in [2.75, 3.05) is 4.90 Å². The molecule has 184 valence electrons. The third kappa shape index (κ3) is 4.70. The Morgan fingerprint density at radius 3 is 1.21 bits per heavy atom. The fourth-order valence-corrected chi connectivity index (χ4v) is 9.54. The fraction of sp³-hybridized carbons (Fsp3) is 0. The zero-order valence-corrected chi connectivity index (χ0v) is 24.2. The van der Waals surface area contributed by atoms with Crippen LogP contribution in [-0.2, 0) is 0 Å². The number of benzene rings is 2. The lowest BCUT2D eigenvalue weighted by Crippen LogP contribution is -2.07. The molecule has 0 N–H and O–H groups in total. The van der Waals surface area contributed by atoms with Gasteiger partial charge in [0.2, 0.25) is 0 Å². The molecule has 0 aliphatic carbocycles. The zero-order valence-electron chi connectivity index (χ0n) is 20.1. The SMILES string of the molecule is c1ccc(N(c2ccccc2)c2ccc(-c3ccc(-c4ccc(-c5ccc(-c6cccs6)s5)s4)s3)s2)cc1. The molecule has 0 unspecified atom stereocenters. The van der Waals surface area contributed by atoms with Crippen molar-refractivity contribution in [2.24, 2.45) is 0 Å². The molecule has 0 radical (unpaired) electrons. The third-order valence-corrected chi connectivity index (χ3v) is 12.1. The van der Waals surface area contributed by atoms with Gasteiger partial charge in [-0.3, -0.25) is 0 Å². The molecular weight excluding hydrogens is 559 g/mol. The summed E-state index contributed by atoms with van der Waals surface area (Å²) in [5.74, 6) is 0. The quantitative estimate of drug-likeness (QED) is 0.181. The van der Waals surface area contributed by atoms with Gasteiger partial charge in [0.05, 0.1) is 0 Å². The van der Waals surface area contributed by atoms with Crippen LogP contribution >= 0.6 is 56.7 Å². The molecule has 0 atom stereocenters. The van der Waals surface area contributed by atoms with Gasteiger partial charge in [-0.2, -0.15) is 0 Å². The number of hydrogen-bond acceptors (Lipinski definition) is 6. The Hall–Kier alpha value is -3.26. The standard InChI is InChI=1S/C32H21NS5/c1-3-8-22(9-4-1)33(23-10-5-2-6-11-23)32-20-19-31(38-32)30-18-17-29(37-30)28-16-15-27(36-28)26-14-13-25(35-26)24-12-7-21-34-24/h1-21H. The lowest BCUT2D eigenvalue weighted by molar-refractivity contribution is 1.32. The number of hydrogen-bond donors (Lipinski definition) is 0. The summed E-state index contributed by atoms with van der Waals surface area (Å²) >= 11 is 9.27. The number of thiophene rings is 5. The third-order valence-electron chi connectivity index (χ3n) is 6.15. The van der Waals surface area contributed by atoms with Crippen LogP contribution in [0.5, 0.6) is 0 Å². The van der Waals surface area contributed by atoms with Gasteiger partial charge < -0.3 is 4.90 Å². The molecule has 0 aliphatic rings. The monoisotopic (exact) mass is 579 g/mol. The van der Waals surface area contributed by atoms with Gasteiger partial charge in [-0.25, -0.2) is 0 Å². The predicted molar refractivity (Wildman–Crippen MR) is 172 cm³/mol. The second kappa shape index (κ2) is 10.5. The largest absolute Gasteiger partial charge is 0.302 e. The molecule has 7 aromatic rings. The summed E-state index contributed by atoms with van der Waals surface area (Å²) in [6, 6.07) is 43.6. The molecule has 0 aliphatic heterocycles. The van der Waals surface area contributed by atoms with E-state index < -0.39 is 0 Å². The molecule has 6 heteroatoms. The molecule has 0 bridgehead atoms. The second-order valence-corrected chi connectivity index (χ2v) is 13.9. The van der Waals surface area contributed by atoms with Crippen molar-refractivity contribution in [3.63, 3.8) is 0 Å². The van der Waals surface area contributed by atoms with Gasteiger partial charge in [-0.05, 0) is 84.2 Å². The summed E-state index contributed by atoms with van der Waals surface area (Å²) in [6.45, 7) is 0. The van der Waals surface area contributed by atoms with E-state index in [0.29, 0.717) is 0 Å². The van der Waals surface area contributed by atoms with E-state index in [9.17, 15) is 0 Å². The minimum Gasteiger partial charge on any atom is -0.302 e. The molecule has 38 heavy (non-hydrogen) atoms. The summed E-state index contributed by atoms with van der Waals surface area (Å²) in [5.41, 5.74) is 2.33. The summed E-state index contributed by atoms with van der Waals surface area (Å²) in [6.07, 6.45) is 0. The Morgan fingerprint density at radius 1 is 0.342 bits per heavy atom. The van der Waals surface area contributed by atoms with Crippen LogP contribution in [0.3, 0.4) is 0 Å². The van der Waals surface area contributed by atoms with Crippen LogP contribution in [0.4, 0.5) is 16.4 Å². The second-order valence-electron chi connectivity index (χ2n) is 8.61. The van der Waals surface area contributed by atoms with Gasteiger partial charge in [0.25, 0.3) is 0 Å². The molecule has 0 fully saturated rings. The van der Waals surface area contributed by atoms with Crippen LogP contribution in [-0.4, -0.2) is 0 Å². The average Bonchev–Trinajstić information content (AvgIpc) is 3.79. The van der Waals surface area contributed by atoms with E-state index in [4.69, 9.17) is 0 Å². The van der Waals surface area contributed by atoms with Gasteiger partial charge in [0, 0.05) is 50.4 Å². The maximum Gasteiger partial charge on any atom is 0.101 e. The number of anilines is 3. The van der Waals surface area contributed by atoms with Crippen LogP contribution in [0, 0.1) is 0 Å². The van der Waals surface area contributed by atoms with Crippen molar-refractivity contribution in [1.29, 1.82) is 0 Å². The first-order valence-electron chi connectivity index (χ1n) is 12.2. The number of nitrogens with zero attached hydrogens (tertiary/aromatic N) is 1. The summed E-state index contributed by atoms with van der Waals surface area (Å²) in [5, 5.41) is 3.36. The van der Waals surface area contributed by atoms with E-state index >= 15 is 0 Å². The summed E-state index contributed by atoms with van der Waals surface area (Å²) < 4.78 is 0. The highest BCUT2D eigenvalue weighted by atomic mass is 32.1. The van der Waals surface area contributed by atoms with Crippen LogP contribution in [0.2, 0.25) is 0 Å². The van der Waals surface area contributed by atoms with E-state index in [1.54, 1.807) is 11.3 Å². The lowest BCUT2D eigenvalue weighted by atomic mass is 10.2. The van der Waals surface area contributed by atoms with Crippen molar-refractivity contribution >= 4 is 73.1 Å². The van der Waals surface area contributed by atoms with E-state index in [1.165, 1.54) is 55.4 Å². The van der Waals surface area contributed by atoms with E-state index in [1.807, 2.05) is 45.3 Å². The minimum atomic E-state index is 1.17. The highest BCUT2D eigenvalue weighted by Gasteiger charge is 2.16. The van der Waals surface area contributed by atoms with Crippen LogP contribution in [0.1, 0.15) is 0 Å². The van der Waals surface area contributed by atoms with Gasteiger partial charge in [0.15, 0.2) is 0 Å². The van der Waals surface area contributed by atoms with E-state index in [0.717, 1.165) is 0 Å². The maximum atomic E-state index is 2.33. The summed E-state index contributed by atoms with van der Waals surface area (Å²) in [7, 11) is 0. The van der Waals surface area contributed by atoms with Crippen molar-refractivity contribution in [1.82, 2.24) is 0 Å². The Bertz CT molecular complexity index is 1730. The van der Waals surface area contributed by atoms with Gasteiger partial charge in [0.1, 0.15) is 5.00 Å². The van der Waals surface area contributed by atoms with Gasteiger partial charge in [-0.15, -0.1) is 56.7 Å². The lowest BCUT2D eigenvalue weighted by Gasteiger charge is -2.23. The molecular formula is C32H21NS5. The highest BCUT2D eigenvalue weighted by molar-refractivity contribution is 7.30. The Morgan fingerprint density at radius 2 is 0.763 bits per heavy atom. The van der Waals surface area contributed by atoms with Crippen molar-refractivity contribution in [3.8, 4) is 39.0 Å². The van der Waals surface area contributed by atoms with Crippen LogP contribution < -0.4 is 4.90 Å².